The van der Waals surface area contributed by atoms with Gasteiger partial charge in [-0.2, -0.15) is 0 Å². The van der Waals surface area contributed by atoms with E-state index in [1.165, 1.54) is 64.2 Å². The van der Waals surface area contributed by atoms with Crippen molar-refractivity contribution in [3.8, 4) is 0 Å². The summed E-state index contributed by atoms with van der Waals surface area (Å²) in [6.45, 7) is 2.26. The third kappa shape index (κ3) is 27.8. The molecule has 0 aromatic rings. The van der Waals surface area contributed by atoms with Gasteiger partial charge in [0.05, 0.1) is 19.8 Å². The molecule has 0 aliphatic carbocycles. The van der Waals surface area contributed by atoms with E-state index in [1.807, 2.05) is 0 Å². The maximum atomic E-state index is 12.4. The summed E-state index contributed by atoms with van der Waals surface area (Å²) in [6.07, 6.45) is 19.8. The Hall–Kier alpha value is -1.03. The third-order valence-electron chi connectivity index (χ3n) is 7.01. The molecule has 3 N–H and O–H groups in total. The van der Waals surface area contributed by atoms with Crippen LogP contribution in [0.1, 0.15) is 149 Å². The lowest BCUT2D eigenvalue weighted by Gasteiger charge is -2.20. The van der Waals surface area contributed by atoms with Crippen molar-refractivity contribution in [3.05, 3.63) is 0 Å². The van der Waals surface area contributed by atoms with Crippen molar-refractivity contribution in [3.63, 3.8) is 0 Å². The normalized spacial score (nSPS) is 14.3. The minimum Gasteiger partial charge on any atom is -0.462 e. The van der Waals surface area contributed by atoms with Crippen LogP contribution in [-0.2, 0) is 32.7 Å². The molecule has 0 bridgehead atoms. The predicted molar refractivity (Wildman–Crippen MR) is 164 cm³/mol. The van der Waals surface area contributed by atoms with E-state index in [4.69, 9.17) is 19.1 Å². The summed E-state index contributed by atoms with van der Waals surface area (Å²) in [4.78, 5) is 34.4. The molecule has 11 heteroatoms. The Morgan fingerprint density at radius 2 is 1.02 bits per heavy atom. The zero-order valence-corrected chi connectivity index (χ0v) is 27.4. The molecular weight excluding hydrogens is 563 g/mol. The second-order valence-electron chi connectivity index (χ2n) is 11.2. The molecule has 3 atom stereocenters. The first-order valence-electron chi connectivity index (χ1n) is 16.5. The molecule has 0 fully saturated rings. The molecule has 0 aliphatic rings. The highest BCUT2D eigenvalue weighted by molar-refractivity contribution is 7.47. The van der Waals surface area contributed by atoms with Gasteiger partial charge in [0.25, 0.3) is 0 Å². The number of carbonyl (C=O) groups excluding carboxylic acids is 2. The van der Waals surface area contributed by atoms with Gasteiger partial charge in [0.1, 0.15) is 12.7 Å². The van der Waals surface area contributed by atoms with Gasteiger partial charge in [-0.25, -0.2) is 4.57 Å². The summed E-state index contributed by atoms with van der Waals surface area (Å²) >= 11 is 0. The highest BCUT2D eigenvalue weighted by Gasteiger charge is 2.27. The first-order chi connectivity index (χ1) is 20.2. The summed E-state index contributed by atoms with van der Waals surface area (Å²) in [5, 5.41) is 18.1. The van der Waals surface area contributed by atoms with E-state index in [1.54, 1.807) is 0 Å². The van der Waals surface area contributed by atoms with Gasteiger partial charge in [0.15, 0.2) is 6.10 Å². The van der Waals surface area contributed by atoms with E-state index in [-0.39, 0.29) is 19.4 Å². The number of phosphoric ester groups is 1. The quantitative estimate of drug-likeness (QED) is 0.0412. The number of ether oxygens (including phenoxy) is 2. The molecule has 0 aliphatic heterocycles. The summed E-state index contributed by atoms with van der Waals surface area (Å²) in [5.41, 5.74) is 0. The number of rotatable bonds is 31. The van der Waals surface area contributed by atoms with Gasteiger partial charge in [-0.1, -0.05) is 123 Å². The monoisotopic (exact) mass is 624 g/mol. The van der Waals surface area contributed by atoms with Crippen molar-refractivity contribution in [2.24, 2.45) is 0 Å². The number of esters is 2. The molecule has 0 aromatic heterocycles. The topological polar surface area (TPSA) is 149 Å². The average molecular weight is 625 g/mol. The smallest absolute Gasteiger partial charge is 0.462 e. The Morgan fingerprint density at radius 1 is 0.619 bits per heavy atom. The molecule has 0 saturated carbocycles. The Morgan fingerprint density at radius 3 is 1.48 bits per heavy atom. The van der Waals surface area contributed by atoms with Crippen LogP contribution in [0.2, 0.25) is 0 Å². The summed E-state index contributed by atoms with van der Waals surface area (Å²) in [5.74, 6) is -0.934. The third-order valence-corrected chi connectivity index (χ3v) is 7.96. The first-order valence-corrected chi connectivity index (χ1v) is 18.0. The zero-order valence-electron chi connectivity index (χ0n) is 26.5. The number of phosphoric acid groups is 1. The van der Waals surface area contributed by atoms with Crippen LogP contribution in [0.4, 0.5) is 0 Å². The van der Waals surface area contributed by atoms with Gasteiger partial charge in [-0.15, -0.1) is 0 Å². The number of aliphatic hydroxyl groups excluding tert-OH is 2. The predicted octanol–water partition coefficient (Wildman–Crippen LogP) is 7.16. The maximum absolute atomic E-state index is 12.4. The molecule has 0 radical (unpaired) electrons. The molecule has 0 saturated heterocycles. The Balaban J connectivity index is 4.32. The zero-order chi connectivity index (χ0) is 31.3. The van der Waals surface area contributed by atoms with Crippen LogP contribution in [-0.4, -0.2) is 65.7 Å². The van der Waals surface area contributed by atoms with Gasteiger partial charge in [0, 0.05) is 12.8 Å². The fourth-order valence-corrected chi connectivity index (χ4v) is 5.19. The molecule has 0 aromatic carbocycles. The lowest BCUT2D eigenvalue weighted by Crippen LogP contribution is -2.29. The SMILES string of the molecule is CCCCCCCCCCCCCCCCC(=O)OC(COC(=O)CCCCCCC)COP(=O)(O)OCC(O)CO. The van der Waals surface area contributed by atoms with Crippen LogP contribution in [0.25, 0.3) is 0 Å². The number of hydrogen-bond acceptors (Lipinski definition) is 9. The van der Waals surface area contributed by atoms with Crippen molar-refractivity contribution >= 4 is 19.8 Å². The molecule has 3 unspecified atom stereocenters. The lowest BCUT2D eigenvalue weighted by atomic mass is 10.0. The van der Waals surface area contributed by atoms with Crippen LogP contribution in [0.15, 0.2) is 0 Å². The van der Waals surface area contributed by atoms with E-state index in [0.717, 1.165) is 44.9 Å². The molecule has 250 valence electrons. The fraction of sp³-hybridized carbons (Fsp3) is 0.935. The number of aliphatic hydroxyl groups is 2. The van der Waals surface area contributed by atoms with Crippen molar-refractivity contribution in [2.45, 2.75) is 161 Å². The van der Waals surface area contributed by atoms with Crippen LogP contribution in [0, 0.1) is 0 Å². The Kier molecular flexibility index (Phi) is 28.0. The van der Waals surface area contributed by atoms with E-state index < -0.39 is 51.8 Å². The molecule has 0 amide bonds. The van der Waals surface area contributed by atoms with Gasteiger partial charge < -0.3 is 24.6 Å². The van der Waals surface area contributed by atoms with E-state index in [9.17, 15) is 24.2 Å². The van der Waals surface area contributed by atoms with Gasteiger partial charge in [0.2, 0.25) is 0 Å². The van der Waals surface area contributed by atoms with E-state index >= 15 is 0 Å². The van der Waals surface area contributed by atoms with Crippen LogP contribution in [0.5, 0.6) is 0 Å². The molecule has 0 spiro atoms. The van der Waals surface area contributed by atoms with E-state index in [2.05, 4.69) is 18.4 Å². The van der Waals surface area contributed by atoms with Crippen LogP contribution < -0.4 is 0 Å². The average Bonchev–Trinajstić information content (AvgIpc) is 2.97. The van der Waals surface area contributed by atoms with Gasteiger partial charge in [-0.05, 0) is 12.8 Å². The largest absolute Gasteiger partial charge is 0.472 e. The molecule has 42 heavy (non-hydrogen) atoms. The number of unbranched alkanes of at least 4 members (excludes halogenated alkanes) is 17. The van der Waals surface area contributed by atoms with Crippen molar-refractivity contribution in [1.82, 2.24) is 0 Å². The first kappa shape index (κ1) is 41.0. The highest BCUT2D eigenvalue weighted by atomic mass is 31.2. The minimum atomic E-state index is -4.59. The van der Waals surface area contributed by atoms with E-state index in [0.29, 0.717) is 12.8 Å². The number of hydrogen-bond donors (Lipinski definition) is 3. The standard InChI is InChI=1S/C31H61O10P/c1-3-5-7-9-10-11-12-13-14-15-16-17-19-21-23-31(35)41-29(26-38-30(34)22-20-18-8-6-4-2)27-40-42(36,37)39-25-28(33)24-32/h28-29,32-33H,3-27H2,1-2H3,(H,36,37). The molecule has 10 nitrogen and oxygen atoms in total. The van der Waals surface area contributed by atoms with Crippen LogP contribution >= 0.6 is 7.82 Å². The summed E-state index contributed by atoms with van der Waals surface area (Å²) in [7, 11) is -4.59. The van der Waals surface area contributed by atoms with Crippen molar-refractivity contribution < 1.29 is 47.8 Å². The van der Waals surface area contributed by atoms with Gasteiger partial charge in [-0.3, -0.25) is 18.6 Å². The Bertz CT molecular complexity index is 691. The molecule has 0 heterocycles. The lowest BCUT2D eigenvalue weighted by molar-refractivity contribution is -0.161. The van der Waals surface area contributed by atoms with Crippen LogP contribution in [0.3, 0.4) is 0 Å². The summed E-state index contributed by atoms with van der Waals surface area (Å²) in [6, 6.07) is 0. The van der Waals surface area contributed by atoms with Gasteiger partial charge >= 0.3 is 19.8 Å². The summed E-state index contributed by atoms with van der Waals surface area (Å²) < 4.78 is 32.2. The Labute approximate surface area is 254 Å². The second-order valence-corrected chi connectivity index (χ2v) is 12.7. The highest BCUT2D eigenvalue weighted by Crippen LogP contribution is 2.43. The fourth-order valence-electron chi connectivity index (χ4n) is 4.40. The minimum absolute atomic E-state index is 0.190. The molecular formula is C31H61O10P. The molecule has 0 rings (SSSR count). The maximum Gasteiger partial charge on any atom is 0.472 e. The second kappa shape index (κ2) is 28.7. The van der Waals surface area contributed by atoms with Crippen molar-refractivity contribution in [1.29, 1.82) is 0 Å². The number of carbonyl (C=O) groups is 2. The van der Waals surface area contributed by atoms with Crippen molar-refractivity contribution in [2.75, 3.05) is 26.4 Å².